The minimum atomic E-state index is -0.351. The van der Waals surface area contributed by atoms with Crippen LogP contribution in [0.2, 0.25) is 10.0 Å². The van der Waals surface area contributed by atoms with Gasteiger partial charge >= 0.3 is 0 Å². The maximum atomic E-state index is 12.4. The lowest BCUT2D eigenvalue weighted by atomic mass is 10.2. The number of benzene rings is 3. The van der Waals surface area contributed by atoms with Crippen molar-refractivity contribution in [1.82, 2.24) is 20.2 Å². The van der Waals surface area contributed by atoms with Crippen LogP contribution >= 0.6 is 35.0 Å². The molecule has 2 N–H and O–H groups in total. The summed E-state index contributed by atoms with van der Waals surface area (Å²) in [5, 5.41) is 24.6. The Kier molecular flexibility index (Phi) is 8.48. The highest BCUT2D eigenvalue weighted by molar-refractivity contribution is 7.99. The molecular weight excluding hydrogens is 521 g/mol. The number of carbonyl (C=O) groups excluding carboxylic acids is 1. The van der Waals surface area contributed by atoms with E-state index in [4.69, 9.17) is 27.9 Å². The predicted molar refractivity (Wildman–Crippen MR) is 143 cm³/mol. The van der Waals surface area contributed by atoms with Crippen LogP contribution in [0.1, 0.15) is 12.5 Å². The van der Waals surface area contributed by atoms with Crippen LogP contribution in [0.4, 0.5) is 0 Å². The molecule has 0 atom stereocenters. The van der Waals surface area contributed by atoms with Gasteiger partial charge in [0.1, 0.15) is 0 Å². The number of thioether (sulfide) groups is 1. The molecule has 11 heteroatoms. The number of hydrogen-bond acceptors (Lipinski definition) is 7. The van der Waals surface area contributed by atoms with E-state index in [1.807, 2.05) is 35.8 Å². The normalized spacial score (nSPS) is 11.1. The van der Waals surface area contributed by atoms with Gasteiger partial charge in [-0.05, 0) is 67.6 Å². The van der Waals surface area contributed by atoms with Crippen LogP contribution in [0.25, 0.3) is 17.1 Å². The SMILES string of the molecule is CCOc1cccc(/C=N\NC(=O)CSc2nnc(-c3ccc(Cl)cc3)n2-c2ccc(Cl)cc2)c1O. The van der Waals surface area contributed by atoms with E-state index in [1.165, 1.54) is 18.0 Å². The zero-order valence-corrected chi connectivity index (χ0v) is 21.4. The molecule has 0 aliphatic heterocycles. The summed E-state index contributed by atoms with van der Waals surface area (Å²) >= 11 is 13.3. The van der Waals surface area contributed by atoms with Gasteiger partial charge in [0.2, 0.25) is 0 Å². The molecule has 8 nitrogen and oxygen atoms in total. The van der Waals surface area contributed by atoms with Crippen molar-refractivity contribution in [3.8, 4) is 28.6 Å². The smallest absolute Gasteiger partial charge is 0.250 e. The summed E-state index contributed by atoms with van der Waals surface area (Å²) in [6.07, 6.45) is 1.36. The molecule has 1 amide bonds. The van der Waals surface area contributed by atoms with Gasteiger partial charge < -0.3 is 9.84 Å². The second kappa shape index (κ2) is 11.9. The average molecular weight is 542 g/mol. The Morgan fingerprint density at radius 3 is 2.47 bits per heavy atom. The fraction of sp³-hybridized carbons (Fsp3) is 0.120. The van der Waals surface area contributed by atoms with Gasteiger partial charge in [0.15, 0.2) is 22.5 Å². The molecule has 0 saturated heterocycles. The summed E-state index contributed by atoms with van der Waals surface area (Å²) in [4.78, 5) is 12.4. The van der Waals surface area contributed by atoms with Gasteiger partial charge in [0, 0.05) is 26.9 Å². The lowest BCUT2D eigenvalue weighted by Crippen LogP contribution is -2.20. The summed E-state index contributed by atoms with van der Waals surface area (Å²) in [5.74, 6) is 0.586. The molecule has 4 aromatic rings. The molecule has 1 heterocycles. The number of phenolic OH excluding ortho intramolecular Hbond substituents is 1. The fourth-order valence-electron chi connectivity index (χ4n) is 3.22. The topological polar surface area (TPSA) is 102 Å². The molecule has 3 aromatic carbocycles. The number of aromatic nitrogens is 3. The number of amides is 1. The standard InChI is InChI=1S/C25H21Cl2N5O3S/c1-2-35-21-5-3-4-17(23(21)34)14-28-29-22(33)15-36-25-31-30-24(16-6-8-18(26)9-7-16)32(25)20-12-10-19(27)11-13-20/h3-14,34H,2,15H2,1H3,(H,29,33)/b28-14-. The largest absolute Gasteiger partial charge is 0.504 e. The number of nitrogens with one attached hydrogen (secondary N) is 1. The Hall–Kier alpha value is -3.53. The zero-order valence-electron chi connectivity index (χ0n) is 19.1. The van der Waals surface area contributed by atoms with E-state index in [-0.39, 0.29) is 17.4 Å². The van der Waals surface area contributed by atoms with Crippen molar-refractivity contribution in [3.05, 3.63) is 82.3 Å². The third-order valence-corrected chi connectivity index (χ3v) is 6.31. The molecule has 0 unspecified atom stereocenters. The van der Waals surface area contributed by atoms with Crippen LogP contribution < -0.4 is 10.2 Å². The van der Waals surface area contributed by atoms with Crippen molar-refractivity contribution in [2.24, 2.45) is 5.10 Å². The van der Waals surface area contributed by atoms with E-state index < -0.39 is 0 Å². The average Bonchev–Trinajstić information content (AvgIpc) is 3.30. The number of para-hydroxylation sites is 1. The lowest BCUT2D eigenvalue weighted by Gasteiger charge is -2.10. The predicted octanol–water partition coefficient (Wildman–Crippen LogP) is 5.59. The third-order valence-electron chi connectivity index (χ3n) is 4.88. The first-order valence-corrected chi connectivity index (χ1v) is 12.6. The number of ether oxygens (including phenoxy) is 1. The number of carbonyl (C=O) groups is 1. The quantitative estimate of drug-likeness (QED) is 0.163. The Balaban J connectivity index is 1.49. The van der Waals surface area contributed by atoms with Gasteiger partial charge in [0.05, 0.1) is 18.6 Å². The van der Waals surface area contributed by atoms with Crippen LogP contribution in [0.3, 0.4) is 0 Å². The second-order valence-electron chi connectivity index (χ2n) is 7.33. The molecule has 184 valence electrons. The monoisotopic (exact) mass is 541 g/mol. The molecule has 0 aliphatic rings. The third kappa shape index (κ3) is 6.17. The highest BCUT2D eigenvalue weighted by Crippen LogP contribution is 2.30. The number of hydrogen-bond donors (Lipinski definition) is 2. The number of nitrogens with zero attached hydrogens (tertiary/aromatic N) is 4. The van der Waals surface area contributed by atoms with E-state index in [0.717, 1.165) is 11.3 Å². The van der Waals surface area contributed by atoms with Crippen LogP contribution in [0, 0.1) is 0 Å². The Labute approximate surface area is 221 Å². The first-order chi connectivity index (χ1) is 17.5. The van der Waals surface area contributed by atoms with Crippen molar-refractivity contribution in [2.45, 2.75) is 12.1 Å². The maximum absolute atomic E-state index is 12.4. The first kappa shape index (κ1) is 25.6. The van der Waals surface area contributed by atoms with Gasteiger partial charge in [-0.2, -0.15) is 5.10 Å². The van der Waals surface area contributed by atoms with Gasteiger partial charge in [-0.3, -0.25) is 9.36 Å². The second-order valence-corrected chi connectivity index (χ2v) is 9.15. The van der Waals surface area contributed by atoms with E-state index in [0.29, 0.717) is 38.9 Å². The summed E-state index contributed by atoms with van der Waals surface area (Å²) < 4.78 is 7.20. The van der Waals surface area contributed by atoms with Crippen molar-refractivity contribution in [2.75, 3.05) is 12.4 Å². The van der Waals surface area contributed by atoms with Crippen molar-refractivity contribution in [1.29, 1.82) is 0 Å². The first-order valence-electron chi connectivity index (χ1n) is 10.8. The summed E-state index contributed by atoms with van der Waals surface area (Å²) in [5.41, 5.74) is 4.49. The van der Waals surface area contributed by atoms with E-state index in [9.17, 15) is 9.90 Å². The lowest BCUT2D eigenvalue weighted by molar-refractivity contribution is -0.118. The highest BCUT2D eigenvalue weighted by atomic mass is 35.5. The van der Waals surface area contributed by atoms with Crippen molar-refractivity contribution >= 4 is 47.1 Å². The Bertz CT molecular complexity index is 1380. The fourth-order valence-corrected chi connectivity index (χ4v) is 4.22. The molecule has 0 spiro atoms. The van der Waals surface area contributed by atoms with Gasteiger partial charge in [-0.1, -0.05) is 41.0 Å². The summed E-state index contributed by atoms with van der Waals surface area (Å²) in [6, 6.07) is 19.5. The van der Waals surface area contributed by atoms with Gasteiger partial charge in [0.25, 0.3) is 5.91 Å². The van der Waals surface area contributed by atoms with Crippen LogP contribution in [-0.2, 0) is 4.79 Å². The molecule has 0 saturated carbocycles. The molecule has 0 radical (unpaired) electrons. The maximum Gasteiger partial charge on any atom is 0.250 e. The zero-order chi connectivity index (χ0) is 25.5. The van der Waals surface area contributed by atoms with E-state index in [2.05, 4.69) is 20.7 Å². The molecule has 0 aliphatic carbocycles. The van der Waals surface area contributed by atoms with E-state index >= 15 is 0 Å². The molecule has 4 rings (SSSR count). The van der Waals surface area contributed by atoms with Gasteiger partial charge in [-0.25, -0.2) is 5.43 Å². The van der Waals surface area contributed by atoms with Crippen LogP contribution in [0.5, 0.6) is 11.5 Å². The number of aromatic hydroxyl groups is 1. The molecule has 36 heavy (non-hydrogen) atoms. The Morgan fingerprint density at radius 2 is 1.78 bits per heavy atom. The van der Waals surface area contributed by atoms with Crippen LogP contribution in [0.15, 0.2) is 77.0 Å². The number of phenols is 1. The molecule has 0 fully saturated rings. The van der Waals surface area contributed by atoms with Crippen LogP contribution in [-0.4, -0.2) is 44.4 Å². The highest BCUT2D eigenvalue weighted by Gasteiger charge is 2.17. The van der Waals surface area contributed by atoms with Crippen molar-refractivity contribution in [3.63, 3.8) is 0 Å². The molecular formula is C25H21Cl2N5O3S. The summed E-state index contributed by atoms with van der Waals surface area (Å²) in [6.45, 7) is 2.24. The number of halogens is 2. The number of rotatable bonds is 9. The minimum Gasteiger partial charge on any atom is -0.504 e. The van der Waals surface area contributed by atoms with Crippen molar-refractivity contribution < 1.29 is 14.6 Å². The Morgan fingerprint density at radius 1 is 1.08 bits per heavy atom. The van der Waals surface area contributed by atoms with Gasteiger partial charge in [-0.15, -0.1) is 10.2 Å². The number of hydrazone groups is 1. The molecule has 0 bridgehead atoms. The minimum absolute atomic E-state index is 0.0364. The molecule has 1 aromatic heterocycles. The van der Waals surface area contributed by atoms with E-state index in [1.54, 1.807) is 42.5 Å². The summed E-state index contributed by atoms with van der Waals surface area (Å²) in [7, 11) is 0.